The number of thiazole rings is 1. The van der Waals surface area contributed by atoms with Crippen LogP contribution in [0.1, 0.15) is 16.7 Å². The van der Waals surface area contributed by atoms with Gasteiger partial charge in [-0.2, -0.15) is 0 Å². The molecule has 2 aromatic heterocycles. The average Bonchev–Trinajstić information content (AvgIpc) is 3.19. The molecule has 0 aliphatic rings. The first-order chi connectivity index (χ1) is 15.0. The molecule has 0 atom stereocenters. The number of aromatic hydroxyl groups is 1. The molecule has 2 heterocycles. The van der Waals surface area contributed by atoms with Gasteiger partial charge in [-0.25, -0.2) is 14.5 Å². The van der Waals surface area contributed by atoms with E-state index in [1.165, 1.54) is 15.9 Å². The molecule has 0 aliphatic heterocycles. The summed E-state index contributed by atoms with van der Waals surface area (Å²) in [5.41, 5.74) is 3.87. The number of rotatable bonds is 3. The third-order valence-electron chi connectivity index (χ3n) is 5.44. The first-order valence-electron chi connectivity index (χ1n) is 9.87. The molecule has 0 radical (unpaired) electrons. The summed E-state index contributed by atoms with van der Waals surface area (Å²) in [5.74, 6) is -0.142. The van der Waals surface area contributed by atoms with Crippen molar-refractivity contribution in [2.75, 3.05) is 0 Å². The van der Waals surface area contributed by atoms with Crippen LogP contribution in [0.25, 0.3) is 26.7 Å². The van der Waals surface area contributed by atoms with Gasteiger partial charge in [0.1, 0.15) is 0 Å². The predicted molar refractivity (Wildman–Crippen MR) is 128 cm³/mol. The van der Waals surface area contributed by atoms with Gasteiger partial charge >= 0.3 is 0 Å². The van der Waals surface area contributed by atoms with E-state index in [0.717, 1.165) is 21.3 Å². The molecule has 0 fully saturated rings. The largest absolute Gasteiger partial charge is 0.494 e. The molecule has 5 aromatic rings. The molecule has 0 aliphatic carbocycles. The summed E-state index contributed by atoms with van der Waals surface area (Å²) in [6, 6.07) is 20.8. The summed E-state index contributed by atoms with van der Waals surface area (Å²) in [5, 5.41) is 12.9. The maximum absolute atomic E-state index is 13.2. The number of pyridine rings is 1. The summed E-state index contributed by atoms with van der Waals surface area (Å²) in [6.07, 6.45) is 1.59. The lowest BCUT2D eigenvalue weighted by Gasteiger charge is -2.14. The highest BCUT2D eigenvalue weighted by Crippen LogP contribution is 2.30. The van der Waals surface area contributed by atoms with Crippen LogP contribution in [-0.2, 0) is 0 Å². The number of aromatic nitrogens is 2. The third kappa shape index (κ3) is 3.31. The standard InChI is InChI=1S/C25H19N3O2S/c1-15-11-12-17(13-16(15)2)28-23(29)19-8-4-3-7-18(19)20(24(28)30)14-26-25-27-21-9-5-6-10-22(21)31-25/h3-14,30H,1-2H3/b26-14+. The van der Waals surface area contributed by atoms with Gasteiger partial charge in [0.15, 0.2) is 0 Å². The molecule has 0 spiro atoms. The highest BCUT2D eigenvalue weighted by atomic mass is 32.1. The van der Waals surface area contributed by atoms with Crippen LogP contribution in [0.15, 0.2) is 76.5 Å². The molecule has 0 saturated heterocycles. The van der Waals surface area contributed by atoms with E-state index in [0.29, 0.717) is 27.2 Å². The van der Waals surface area contributed by atoms with Crippen molar-refractivity contribution >= 4 is 43.7 Å². The van der Waals surface area contributed by atoms with Gasteiger partial charge < -0.3 is 5.11 Å². The number of benzene rings is 3. The maximum Gasteiger partial charge on any atom is 0.265 e. The molecule has 5 nitrogen and oxygen atoms in total. The molecular formula is C25H19N3O2S. The minimum absolute atomic E-state index is 0.142. The van der Waals surface area contributed by atoms with Gasteiger partial charge in [0.2, 0.25) is 11.0 Å². The van der Waals surface area contributed by atoms with E-state index in [1.807, 2.05) is 74.5 Å². The van der Waals surface area contributed by atoms with Crippen LogP contribution in [0, 0.1) is 13.8 Å². The fourth-order valence-electron chi connectivity index (χ4n) is 3.63. The first kappa shape index (κ1) is 19.2. The zero-order valence-corrected chi connectivity index (χ0v) is 17.9. The van der Waals surface area contributed by atoms with Crippen LogP contribution in [-0.4, -0.2) is 20.9 Å². The number of aryl methyl sites for hydroxylation is 2. The summed E-state index contributed by atoms with van der Waals surface area (Å²) >= 11 is 1.48. The molecule has 5 rings (SSSR count). The number of fused-ring (bicyclic) bond motifs is 2. The van der Waals surface area contributed by atoms with Gasteiger partial charge in [-0.3, -0.25) is 4.79 Å². The van der Waals surface area contributed by atoms with Crippen LogP contribution in [0.3, 0.4) is 0 Å². The summed E-state index contributed by atoms with van der Waals surface area (Å²) in [4.78, 5) is 22.3. The normalized spacial score (nSPS) is 11.7. The lowest BCUT2D eigenvalue weighted by atomic mass is 10.1. The summed E-state index contributed by atoms with van der Waals surface area (Å²) in [6.45, 7) is 4.00. The van der Waals surface area contributed by atoms with Crippen LogP contribution in [0.4, 0.5) is 5.13 Å². The molecule has 0 bridgehead atoms. The highest BCUT2D eigenvalue weighted by Gasteiger charge is 2.16. The average molecular weight is 426 g/mol. The Hall–Kier alpha value is -3.77. The highest BCUT2D eigenvalue weighted by molar-refractivity contribution is 7.22. The van der Waals surface area contributed by atoms with Gasteiger partial charge in [0, 0.05) is 17.0 Å². The molecule has 3 aromatic carbocycles. The van der Waals surface area contributed by atoms with Crippen molar-refractivity contribution in [1.29, 1.82) is 0 Å². The quantitative estimate of drug-likeness (QED) is 0.379. The van der Waals surface area contributed by atoms with E-state index in [-0.39, 0.29) is 11.4 Å². The molecule has 1 N–H and O–H groups in total. The minimum Gasteiger partial charge on any atom is -0.494 e. The molecule has 0 unspecified atom stereocenters. The van der Waals surface area contributed by atoms with Crippen LogP contribution in [0.2, 0.25) is 0 Å². The molecule has 6 heteroatoms. The first-order valence-corrected chi connectivity index (χ1v) is 10.7. The third-order valence-corrected chi connectivity index (χ3v) is 6.38. The Morgan fingerprint density at radius 1 is 0.968 bits per heavy atom. The van der Waals surface area contributed by atoms with Crippen molar-refractivity contribution in [3.05, 3.63) is 93.8 Å². The topological polar surface area (TPSA) is 67.5 Å². The van der Waals surface area contributed by atoms with Crippen molar-refractivity contribution < 1.29 is 5.11 Å². The van der Waals surface area contributed by atoms with E-state index >= 15 is 0 Å². The SMILES string of the molecule is Cc1ccc(-n2c(O)c(/C=N/c3nc4ccccc4s3)c3ccccc3c2=O)cc1C. The fourth-order valence-corrected chi connectivity index (χ4v) is 4.44. The minimum atomic E-state index is -0.270. The lowest BCUT2D eigenvalue weighted by Crippen LogP contribution is -2.20. The number of hydrogen-bond acceptors (Lipinski definition) is 5. The Morgan fingerprint density at radius 2 is 1.71 bits per heavy atom. The van der Waals surface area contributed by atoms with Crippen LogP contribution >= 0.6 is 11.3 Å². The van der Waals surface area contributed by atoms with Crippen molar-refractivity contribution in [1.82, 2.24) is 9.55 Å². The smallest absolute Gasteiger partial charge is 0.265 e. The lowest BCUT2D eigenvalue weighted by molar-refractivity contribution is 0.436. The number of hydrogen-bond donors (Lipinski definition) is 1. The number of aliphatic imine (C=N–C) groups is 1. The molecule has 31 heavy (non-hydrogen) atoms. The van der Waals surface area contributed by atoms with Crippen LogP contribution < -0.4 is 5.56 Å². The second kappa shape index (κ2) is 7.49. The van der Waals surface area contributed by atoms with E-state index in [9.17, 15) is 9.90 Å². The molecular weight excluding hydrogens is 406 g/mol. The fraction of sp³-hybridized carbons (Fsp3) is 0.0800. The summed E-state index contributed by atoms with van der Waals surface area (Å²) < 4.78 is 2.39. The zero-order valence-electron chi connectivity index (χ0n) is 17.0. The van der Waals surface area contributed by atoms with E-state index < -0.39 is 0 Å². The monoisotopic (exact) mass is 425 g/mol. The van der Waals surface area contributed by atoms with Crippen molar-refractivity contribution in [3.63, 3.8) is 0 Å². The number of para-hydroxylation sites is 1. The Bertz CT molecular complexity index is 1510. The Labute approximate surface area is 182 Å². The van der Waals surface area contributed by atoms with Gasteiger partial charge in [0.05, 0.1) is 21.5 Å². The summed E-state index contributed by atoms with van der Waals surface area (Å²) in [7, 11) is 0. The Morgan fingerprint density at radius 3 is 2.48 bits per heavy atom. The molecule has 0 saturated carbocycles. The second-order valence-electron chi connectivity index (χ2n) is 7.41. The van der Waals surface area contributed by atoms with Crippen molar-refractivity contribution in [3.8, 4) is 11.6 Å². The van der Waals surface area contributed by atoms with Crippen molar-refractivity contribution in [2.45, 2.75) is 13.8 Å². The van der Waals surface area contributed by atoms with Gasteiger partial charge in [-0.1, -0.05) is 47.7 Å². The molecule has 152 valence electrons. The van der Waals surface area contributed by atoms with Crippen molar-refractivity contribution in [2.24, 2.45) is 4.99 Å². The van der Waals surface area contributed by atoms with E-state index in [4.69, 9.17) is 0 Å². The second-order valence-corrected chi connectivity index (χ2v) is 8.42. The molecule has 0 amide bonds. The zero-order chi connectivity index (χ0) is 21.5. The number of nitrogens with zero attached hydrogens (tertiary/aromatic N) is 3. The van der Waals surface area contributed by atoms with E-state index in [2.05, 4.69) is 9.98 Å². The Kier molecular flexibility index (Phi) is 4.64. The van der Waals surface area contributed by atoms with Gasteiger partial charge in [0.25, 0.3) is 5.56 Å². The van der Waals surface area contributed by atoms with Gasteiger partial charge in [-0.15, -0.1) is 0 Å². The predicted octanol–water partition coefficient (Wildman–Crippen LogP) is 5.67. The maximum atomic E-state index is 13.2. The Balaban J connectivity index is 1.73. The van der Waals surface area contributed by atoms with E-state index in [1.54, 1.807) is 12.3 Å². The van der Waals surface area contributed by atoms with Gasteiger partial charge in [-0.05, 0) is 55.3 Å². The van der Waals surface area contributed by atoms with Crippen LogP contribution in [0.5, 0.6) is 5.88 Å².